The minimum atomic E-state index is -0.659. The summed E-state index contributed by atoms with van der Waals surface area (Å²) in [5.41, 5.74) is 0.646. The first-order valence-corrected chi connectivity index (χ1v) is 7.34. The van der Waals surface area contributed by atoms with Crippen LogP contribution >= 0.6 is 22.9 Å². The van der Waals surface area contributed by atoms with E-state index in [4.69, 9.17) is 11.6 Å². The van der Waals surface area contributed by atoms with E-state index in [1.165, 1.54) is 29.5 Å². The number of amides is 1. The average molecular weight is 314 g/mol. The number of carbonyl (C=O) groups is 1. The third kappa shape index (κ3) is 3.56. The van der Waals surface area contributed by atoms with Gasteiger partial charge in [0, 0.05) is 6.54 Å². The van der Waals surface area contributed by atoms with Crippen molar-refractivity contribution >= 4 is 28.8 Å². The van der Waals surface area contributed by atoms with Crippen LogP contribution in [-0.4, -0.2) is 17.6 Å². The molecule has 0 aliphatic rings. The van der Waals surface area contributed by atoms with E-state index in [9.17, 15) is 14.3 Å². The number of hydrogen-bond donors (Lipinski definition) is 2. The lowest BCUT2D eigenvalue weighted by Gasteiger charge is -2.11. The number of aliphatic hydroxyl groups excluding tert-OH is 1. The van der Waals surface area contributed by atoms with Crippen LogP contribution in [0.2, 0.25) is 5.02 Å². The highest BCUT2D eigenvalue weighted by atomic mass is 35.5. The molecular formula is C14H13ClFNO2S. The van der Waals surface area contributed by atoms with Gasteiger partial charge in [-0.3, -0.25) is 4.79 Å². The van der Waals surface area contributed by atoms with Gasteiger partial charge in [-0.15, -0.1) is 0 Å². The minimum absolute atomic E-state index is 0.0703. The molecule has 1 aromatic heterocycles. The highest BCUT2D eigenvalue weighted by Crippen LogP contribution is 2.20. The second kappa shape index (κ2) is 6.83. The maximum absolute atomic E-state index is 13.5. The molecule has 0 bridgehead atoms. The molecular weight excluding hydrogens is 301 g/mol. The Kier molecular flexibility index (Phi) is 5.11. The van der Waals surface area contributed by atoms with Gasteiger partial charge in [0.05, 0.1) is 16.7 Å². The Morgan fingerprint density at radius 1 is 1.45 bits per heavy atom. The van der Waals surface area contributed by atoms with E-state index in [-0.39, 0.29) is 17.1 Å². The lowest BCUT2D eigenvalue weighted by atomic mass is 10.1. The first kappa shape index (κ1) is 15.0. The van der Waals surface area contributed by atoms with Crippen LogP contribution in [0.25, 0.3) is 0 Å². The molecule has 2 rings (SSSR count). The fraction of sp³-hybridized carbons (Fsp3) is 0.214. The second-order valence-corrected chi connectivity index (χ2v) is 5.40. The lowest BCUT2D eigenvalue weighted by Crippen LogP contribution is -2.26. The van der Waals surface area contributed by atoms with Crippen LogP contribution < -0.4 is 5.32 Å². The molecule has 0 saturated heterocycles. The first-order chi connectivity index (χ1) is 9.59. The Labute approximate surface area is 125 Å². The number of rotatable bonds is 5. The molecule has 3 nitrogen and oxygen atoms in total. The Balaban J connectivity index is 1.90. The third-order valence-electron chi connectivity index (χ3n) is 2.82. The summed E-state index contributed by atoms with van der Waals surface area (Å²) in [6, 6.07) is 5.90. The van der Waals surface area contributed by atoms with Crippen molar-refractivity contribution in [3.05, 3.63) is 57.0 Å². The highest BCUT2D eigenvalue weighted by Gasteiger charge is 2.16. The number of thiophene rings is 1. The molecule has 1 heterocycles. The zero-order chi connectivity index (χ0) is 14.5. The largest absolute Gasteiger partial charge is 0.388 e. The molecule has 0 unspecified atom stereocenters. The maximum Gasteiger partial charge on any atom is 0.255 e. The van der Waals surface area contributed by atoms with Crippen molar-refractivity contribution in [2.45, 2.75) is 12.5 Å². The van der Waals surface area contributed by atoms with E-state index in [0.29, 0.717) is 6.42 Å². The van der Waals surface area contributed by atoms with Crippen LogP contribution in [-0.2, 0) is 0 Å². The number of hydrogen-bond acceptors (Lipinski definition) is 3. The molecule has 0 saturated carbocycles. The quantitative estimate of drug-likeness (QED) is 0.889. The summed E-state index contributed by atoms with van der Waals surface area (Å²) in [5.74, 6) is -1.24. The zero-order valence-electron chi connectivity index (χ0n) is 10.5. The van der Waals surface area contributed by atoms with Gasteiger partial charge in [-0.25, -0.2) is 4.39 Å². The van der Waals surface area contributed by atoms with E-state index >= 15 is 0 Å². The Bertz CT molecular complexity index is 569. The second-order valence-electron chi connectivity index (χ2n) is 4.21. The number of aliphatic hydroxyl groups is 1. The van der Waals surface area contributed by atoms with E-state index in [0.717, 1.165) is 5.56 Å². The molecule has 0 spiro atoms. The Hall–Kier alpha value is -1.43. The molecule has 0 aliphatic heterocycles. The van der Waals surface area contributed by atoms with Crippen molar-refractivity contribution in [2.24, 2.45) is 0 Å². The smallest absolute Gasteiger partial charge is 0.255 e. The van der Waals surface area contributed by atoms with Gasteiger partial charge in [0.2, 0.25) is 0 Å². The summed E-state index contributed by atoms with van der Waals surface area (Å²) < 4.78 is 13.5. The standard InChI is InChI=1S/C14H13ClFNO2S/c15-10-2-1-3-11(16)13(10)14(19)17-6-4-12(18)9-5-7-20-8-9/h1-3,5,7-8,12,18H,4,6H2,(H,17,19)/t12-/m0/s1. The van der Waals surface area contributed by atoms with Crippen molar-refractivity contribution < 1.29 is 14.3 Å². The monoisotopic (exact) mass is 313 g/mol. The van der Waals surface area contributed by atoms with Gasteiger partial charge in [-0.05, 0) is 40.9 Å². The van der Waals surface area contributed by atoms with Crippen LogP contribution in [0.15, 0.2) is 35.0 Å². The minimum Gasteiger partial charge on any atom is -0.388 e. The summed E-state index contributed by atoms with van der Waals surface area (Å²) >= 11 is 7.29. The van der Waals surface area contributed by atoms with E-state index in [1.54, 1.807) is 0 Å². The summed E-state index contributed by atoms with van der Waals surface area (Å²) in [6.45, 7) is 0.237. The van der Waals surface area contributed by atoms with Gasteiger partial charge in [-0.1, -0.05) is 17.7 Å². The summed E-state index contributed by atoms with van der Waals surface area (Å²) in [4.78, 5) is 11.8. The molecule has 0 fully saturated rings. The molecule has 1 atom stereocenters. The molecule has 0 aliphatic carbocycles. The van der Waals surface area contributed by atoms with Gasteiger partial charge in [-0.2, -0.15) is 11.3 Å². The molecule has 20 heavy (non-hydrogen) atoms. The Morgan fingerprint density at radius 2 is 2.25 bits per heavy atom. The van der Waals surface area contributed by atoms with Gasteiger partial charge >= 0.3 is 0 Å². The van der Waals surface area contributed by atoms with Crippen molar-refractivity contribution in [2.75, 3.05) is 6.54 Å². The normalized spacial score (nSPS) is 12.2. The molecule has 1 amide bonds. The van der Waals surface area contributed by atoms with Crippen LogP contribution in [0.5, 0.6) is 0 Å². The number of nitrogens with one attached hydrogen (secondary N) is 1. The van der Waals surface area contributed by atoms with Crippen molar-refractivity contribution in [3.63, 3.8) is 0 Å². The molecule has 106 valence electrons. The fourth-order valence-electron chi connectivity index (χ4n) is 1.76. The Morgan fingerprint density at radius 3 is 2.90 bits per heavy atom. The predicted octanol–water partition coefficient (Wildman–Crippen LogP) is 3.39. The molecule has 2 aromatic rings. The van der Waals surface area contributed by atoms with Gasteiger partial charge in [0.1, 0.15) is 5.82 Å². The zero-order valence-corrected chi connectivity index (χ0v) is 12.0. The van der Waals surface area contributed by atoms with E-state index in [1.807, 2.05) is 16.8 Å². The van der Waals surface area contributed by atoms with Crippen molar-refractivity contribution in [3.8, 4) is 0 Å². The number of carbonyl (C=O) groups excluding carboxylic acids is 1. The van der Waals surface area contributed by atoms with Crippen LogP contribution in [0.3, 0.4) is 0 Å². The average Bonchev–Trinajstić information content (AvgIpc) is 2.92. The summed E-state index contributed by atoms with van der Waals surface area (Å²) in [6.07, 6.45) is -0.285. The predicted molar refractivity (Wildman–Crippen MR) is 77.6 cm³/mol. The molecule has 0 radical (unpaired) electrons. The lowest BCUT2D eigenvalue weighted by molar-refractivity contribution is 0.0939. The third-order valence-corrected chi connectivity index (χ3v) is 3.84. The first-order valence-electron chi connectivity index (χ1n) is 6.02. The SMILES string of the molecule is O=C(NCC[C@H](O)c1ccsc1)c1c(F)cccc1Cl. The summed E-state index contributed by atoms with van der Waals surface area (Å²) in [5, 5.41) is 16.2. The number of halogens is 2. The molecule has 2 N–H and O–H groups in total. The van der Waals surface area contributed by atoms with Crippen LogP contribution in [0.1, 0.15) is 28.4 Å². The van der Waals surface area contributed by atoms with Gasteiger partial charge in [0.25, 0.3) is 5.91 Å². The summed E-state index contributed by atoms with van der Waals surface area (Å²) in [7, 11) is 0. The van der Waals surface area contributed by atoms with Gasteiger partial charge in [0.15, 0.2) is 0 Å². The highest BCUT2D eigenvalue weighted by molar-refractivity contribution is 7.07. The van der Waals surface area contributed by atoms with Gasteiger partial charge < -0.3 is 10.4 Å². The topological polar surface area (TPSA) is 49.3 Å². The van der Waals surface area contributed by atoms with Crippen LogP contribution in [0.4, 0.5) is 4.39 Å². The van der Waals surface area contributed by atoms with Crippen molar-refractivity contribution in [1.29, 1.82) is 0 Å². The maximum atomic E-state index is 13.5. The van der Waals surface area contributed by atoms with E-state index < -0.39 is 17.8 Å². The molecule has 1 aromatic carbocycles. The number of benzene rings is 1. The van der Waals surface area contributed by atoms with Crippen molar-refractivity contribution in [1.82, 2.24) is 5.32 Å². The van der Waals surface area contributed by atoms with E-state index in [2.05, 4.69) is 5.32 Å². The fourth-order valence-corrected chi connectivity index (χ4v) is 2.71. The molecule has 6 heteroatoms. The van der Waals surface area contributed by atoms with Crippen LogP contribution in [0, 0.1) is 5.82 Å².